The van der Waals surface area contributed by atoms with Gasteiger partial charge in [0.05, 0.1) is 18.2 Å². The van der Waals surface area contributed by atoms with E-state index in [0.717, 1.165) is 16.5 Å². The van der Waals surface area contributed by atoms with Crippen molar-refractivity contribution in [2.75, 3.05) is 12.5 Å². The fourth-order valence-corrected chi connectivity index (χ4v) is 4.09. The van der Waals surface area contributed by atoms with Crippen LogP contribution in [0.25, 0.3) is 22.4 Å². The molecule has 4 aromatic rings. The van der Waals surface area contributed by atoms with E-state index in [2.05, 4.69) is 16.3 Å². The Hall–Kier alpha value is -3.77. The van der Waals surface area contributed by atoms with Gasteiger partial charge in [-0.15, -0.1) is 10.2 Å². The second-order valence-electron chi connectivity index (χ2n) is 6.81. The summed E-state index contributed by atoms with van der Waals surface area (Å²) in [7, 11) is 0. The van der Waals surface area contributed by atoms with Gasteiger partial charge in [0.25, 0.3) is 5.22 Å². The average molecular weight is 432 g/mol. The van der Waals surface area contributed by atoms with Crippen molar-refractivity contribution in [3.05, 3.63) is 54.2 Å². The number of thioether (sulfide) groups is 1. The summed E-state index contributed by atoms with van der Waals surface area (Å²) in [5.41, 5.74) is 2.28. The van der Waals surface area contributed by atoms with E-state index in [1.54, 1.807) is 12.1 Å². The third-order valence-corrected chi connectivity index (χ3v) is 5.72. The Kier molecular flexibility index (Phi) is 5.06. The molecular formula is C22H16N4O4S. The molecule has 0 amide bonds. The summed E-state index contributed by atoms with van der Waals surface area (Å²) in [6.45, 7) is 0.735. The smallest absolute Gasteiger partial charge is 0.277 e. The number of benzene rings is 2. The van der Waals surface area contributed by atoms with Crippen LogP contribution in [0, 0.1) is 11.3 Å². The molecular weight excluding hydrogens is 416 g/mol. The first kappa shape index (κ1) is 19.2. The fourth-order valence-electron chi connectivity index (χ4n) is 3.44. The monoisotopic (exact) mass is 432 g/mol. The molecule has 5 rings (SSSR count). The third kappa shape index (κ3) is 3.73. The number of ketones is 1. The summed E-state index contributed by atoms with van der Waals surface area (Å²) in [5.74, 6) is 1.78. The third-order valence-electron chi connectivity index (χ3n) is 4.91. The van der Waals surface area contributed by atoms with Gasteiger partial charge in [0.1, 0.15) is 0 Å². The van der Waals surface area contributed by atoms with E-state index in [-0.39, 0.29) is 18.3 Å². The lowest BCUT2D eigenvalue weighted by Crippen LogP contribution is -2.02. The lowest BCUT2D eigenvalue weighted by Gasteiger charge is -2.00. The summed E-state index contributed by atoms with van der Waals surface area (Å²) in [4.78, 5) is 12.9. The zero-order valence-corrected chi connectivity index (χ0v) is 17.1. The summed E-state index contributed by atoms with van der Waals surface area (Å²) in [6, 6.07) is 15.2. The van der Waals surface area contributed by atoms with E-state index < -0.39 is 0 Å². The quantitative estimate of drug-likeness (QED) is 0.314. The maximum absolute atomic E-state index is 12.9. The number of carbonyl (C=O) groups excluding carboxylic acids is 1. The van der Waals surface area contributed by atoms with E-state index in [1.807, 2.05) is 41.1 Å². The van der Waals surface area contributed by atoms with Gasteiger partial charge in [-0.2, -0.15) is 5.26 Å². The maximum atomic E-state index is 12.9. The summed E-state index contributed by atoms with van der Waals surface area (Å²) < 4.78 is 18.3. The highest BCUT2D eigenvalue weighted by molar-refractivity contribution is 7.99. The van der Waals surface area contributed by atoms with Crippen LogP contribution in [-0.4, -0.2) is 33.1 Å². The Morgan fingerprint density at radius 3 is 2.94 bits per heavy atom. The van der Waals surface area contributed by atoms with Crippen LogP contribution < -0.4 is 9.47 Å². The molecule has 1 aliphatic heterocycles. The summed E-state index contributed by atoms with van der Waals surface area (Å²) >= 11 is 1.19. The highest BCUT2D eigenvalue weighted by Gasteiger charge is 2.19. The topological polar surface area (TPSA) is 103 Å². The SMILES string of the molecule is N#CCCn1cc(C(=O)CSc2nnc(-c3ccc4c(c3)OCO4)o2)c2ccccc21. The number of ether oxygens (including phenoxy) is 2. The number of rotatable bonds is 7. The molecule has 0 fully saturated rings. The molecule has 0 bridgehead atoms. The van der Waals surface area contributed by atoms with Gasteiger partial charge < -0.3 is 18.5 Å². The molecule has 3 heterocycles. The number of carbonyl (C=O) groups is 1. The Labute approximate surface area is 181 Å². The standard InChI is InChI=1S/C22H16N4O4S/c23-8-3-9-26-11-16(15-4-1-2-5-17(15)26)18(27)12-31-22-25-24-21(30-22)14-6-7-19-20(10-14)29-13-28-19/h1-2,4-7,10-11H,3,9,12-13H2. The van der Waals surface area contributed by atoms with Crippen molar-refractivity contribution in [3.63, 3.8) is 0 Å². The average Bonchev–Trinajstić information content (AvgIpc) is 3.54. The van der Waals surface area contributed by atoms with Crippen LogP contribution in [0.1, 0.15) is 16.8 Å². The number of nitrogens with zero attached hydrogens (tertiary/aromatic N) is 4. The van der Waals surface area contributed by atoms with E-state index in [4.69, 9.17) is 19.2 Å². The highest BCUT2D eigenvalue weighted by Crippen LogP contribution is 2.36. The zero-order valence-electron chi connectivity index (χ0n) is 16.3. The largest absolute Gasteiger partial charge is 0.454 e. The van der Waals surface area contributed by atoms with Gasteiger partial charge in [-0.3, -0.25) is 4.79 Å². The van der Waals surface area contributed by atoms with Crippen molar-refractivity contribution in [1.29, 1.82) is 5.26 Å². The Balaban J connectivity index is 1.31. The van der Waals surface area contributed by atoms with Crippen LogP contribution in [-0.2, 0) is 6.54 Å². The van der Waals surface area contributed by atoms with E-state index in [1.165, 1.54) is 11.8 Å². The van der Waals surface area contributed by atoms with Crippen LogP contribution in [0.3, 0.4) is 0 Å². The molecule has 9 heteroatoms. The minimum absolute atomic E-state index is 0.0419. The molecule has 1 aliphatic rings. The Bertz CT molecular complexity index is 1320. The minimum atomic E-state index is -0.0419. The van der Waals surface area contributed by atoms with E-state index in [0.29, 0.717) is 41.1 Å². The van der Waals surface area contributed by atoms with Crippen LogP contribution in [0.15, 0.2) is 58.3 Å². The predicted molar refractivity (Wildman–Crippen MR) is 113 cm³/mol. The number of aromatic nitrogens is 3. The number of hydrogen-bond donors (Lipinski definition) is 0. The number of fused-ring (bicyclic) bond motifs is 2. The summed E-state index contributed by atoms with van der Waals surface area (Å²) in [6.07, 6.45) is 2.20. The summed E-state index contributed by atoms with van der Waals surface area (Å²) in [5, 5.41) is 18.2. The number of hydrogen-bond acceptors (Lipinski definition) is 8. The molecule has 0 N–H and O–H groups in total. The predicted octanol–water partition coefficient (Wildman–Crippen LogP) is 4.31. The first-order chi connectivity index (χ1) is 15.2. The molecule has 0 radical (unpaired) electrons. The van der Waals surface area contributed by atoms with Gasteiger partial charge in [0.15, 0.2) is 17.3 Å². The van der Waals surface area contributed by atoms with Crippen LogP contribution in [0.5, 0.6) is 11.5 Å². The molecule has 0 saturated heterocycles. The van der Waals surface area contributed by atoms with Crippen molar-refractivity contribution in [2.45, 2.75) is 18.2 Å². The lowest BCUT2D eigenvalue weighted by atomic mass is 10.1. The van der Waals surface area contributed by atoms with Gasteiger partial charge in [0.2, 0.25) is 12.7 Å². The van der Waals surface area contributed by atoms with Crippen LogP contribution >= 0.6 is 11.8 Å². The number of para-hydroxylation sites is 1. The second kappa shape index (κ2) is 8.16. The maximum Gasteiger partial charge on any atom is 0.277 e. The molecule has 0 aliphatic carbocycles. The molecule has 0 atom stereocenters. The van der Waals surface area contributed by atoms with Gasteiger partial charge in [-0.25, -0.2) is 0 Å². The number of Topliss-reactive ketones (excluding diaryl/α,β-unsaturated/α-hetero) is 1. The number of aryl methyl sites for hydroxylation is 1. The van der Waals surface area contributed by atoms with E-state index >= 15 is 0 Å². The Morgan fingerprint density at radius 2 is 2.03 bits per heavy atom. The molecule has 0 unspecified atom stereocenters. The molecule has 2 aromatic heterocycles. The first-order valence-electron chi connectivity index (χ1n) is 9.57. The van der Waals surface area contributed by atoms with Gasteiger partial charge in [0, 0.05) is 34.8 Å². The van der Waals surface area contributed by atoms with Gasteiger partial charge in [-0.1, -0.05) is 30.0 Å². The molecule has 8 nitrogen and oxygen atoms in total. The number of nitriles is 1. The molecule has 0 saturated carbocycles. The van der Waals surface area contributed by atoms with Crippen molar-refractivity contribution in [2.24, 2.45) is 0 Å². The normalized spacial score (nSPS) is 12.2. The molecule has 31 heavy (non-hydrogen) atoms. The van der Waals surface area contributed by atoms with E-state index in [9.17, 15) is 4.79 Å². The molecule has 0 spiro atoms. The van der Waals surface area contributed by atoms with Crippen LogP contribution in [0.4, 0.5) is 0 Å². The fraction of sp³-hybridized carbons (Fsp3) is 0.182. The zero-order chi connectivity index (χ0) is 21.2. The van der Waals surface area contributed by atoms with Crippen molar-refractivity contribution < 1.29 is 18.7 Å². The second-order valence-corrected chi connectivity index (χ2v) is 7.74. The van der Waals surface area contributed by atoms with Gasteiger partial charge >= 0.3 is 0 Å². The molecule has 154 valence electrons. The lowest BCUT2D eigenvalue weighted by molar-refractivity contribution is 0.102. The van der Waals surface area contributed by atoms with Crippen LogP contribution in [0.2, 0.25) is 0 Å². The highest BCUT2D eigenvalue weighted by atomic mass is 32.2. The van der Waals surface area contributed by atoms with Crippen molar-refractivity contribution >= 4 is 28.4 Å². The minimum Gasteiger partial charge on any atom is -0.454 e. The molecule has 2 aromatic carbocycles. The first-order valence-corrected chi connectivity index (χ1v) is 10.6. The van der Waals surface area contributed by atoms with Crippen molar-refractivity contribution in [3.8, 4) is 29.0 Å². The van der Waals surface area contributed by atoms with Gasteiger partial charge in [-0.05, 0) is 24.3 Å². The Morgan fingerprint density at radius 1 is 1.16 bits per heavy atom. The van der Waals surface area contributed by atoms with Crippen molar-refractivity contribution in [1.82, 2.24) is 14.8 Å².